The standard InChI is InChI=1S/C16H18FNOS/c1-11(12-3-6-15(20-2)7-4-12)18-10-13-9-14(17)5-8-16(13)19/h3-9,11,18-19H,10H2,1-2H3. The third-order valence-electron chi connectivity index (χ3n) is 3.26. The van der Waals surface area contributed by atoms with Gasteiger partial charge in [-0.15, -0.1) is 11.8 Å². The number of benzene rings is 2. The van der Waals surface area contributed by atoms with Crippen LogP contribution in [-0.4, -0.2) is 11.4 Å². The van der Waals surface area contributed by atoms with Gasteiger partial charge in [-0.2, -0.15) is 0 Å². The maximum Gasteiger partial charge on any atom is 0.123 e. The van der Waals surface area contributed by atoms with Crippen LogP contribution in [0, 0.1) is 5.82 Å². The number of aromatic hydroxyl groups is 1. The molecule has 0 saturated heterocycles. The highest BCUT2D eigenvalue weighted by Gasteiger charge is 2.07. The molecular formula is C16H18FNOS. The van der Waals surface area contributed by atoms with E-state index in [2.05, 4.69) is 29.6 Å². The Balaban J connectivity index is 2.00. The SMILES string of the molecule is CSc1ccc(C(C)NCc2cc(F)ccc2O)cc1. The summed E-state index contributed by atoms with van der Waals surface area (Å²) in [6, 6.07) is 12.4. The van der Waals surface area contributed by atoms with Gasteiger partial charge in [0.15, 0.2) is 0 Å². The molecule has 1 unspecified atom stereocenters. The third-order valence-corrected chi connectivity index (χ3v) is 4.00. The van der Waals surface area contributed by atoms with E-state index >= 15 is 0 Å². The fourth-order valence-electron chi connectivity index (χ4n) is 1.97. The first-order chi connectivity index (χ1) is 9.60. The first-order valence-corrected chi connectivity index (χ1v) is 7.67. The molecule has 0 saturated carbocycles. The van der Waals surface area contributed by atoms with Crippen molar-refractivity contribution >= 4 is 11.8 Å². The number of thioether (sulfide) groups is 1. The number of halogens is 1. The highest BCUT2D eigenvalue weighted by Crippen LogP contribution is 2.21. The van der Waals surface area contributed by atoms with E-state index in [4.69, 9.17) is 0 Å². The van der Waals surface area contributed by atoms with Crippen molar-refractivity contribution in [2.45, 2.75) is 24.4 Å². The molecule has 2 rings (SSSR count). The molecule has 2 nitrogen and oxygen atoms in total. The number of phenolic OH excluding ortho intramolecular Hbond substituents is 1. The predicted octanol–water partition coefficient (Wildman–Crippen LogP) is 4.10. The van der Waals surface area contributed by atoms with Gasteiger partial charge in [-0.25, -0.2) is 4.39 Å². The topological polar surface area (TPSA) is 32.3 Å². The highest BCUT2D eigenvalue weighted by molar-refractivity contribution is 7.98. The summed E-state index contributed by atoms with van der Waals surface area (Å²) >= 11 is 1.71. The van der Waals surface area contributed by atoms with Crippen LogP contribution in [0.4, 0.5) is 4.39 Å². The first-order valence-electron chi connectivity index (χ1n) is 6.45. The molecule has 0 aliphatic carbocycles. The second-order valence-corrected chi connectivity index (χ2v) is 5.53. The van der Waals surface area contributed by atoms with Gasteiger partial charge in [-0.1, -0.05) is 12.1 Å². The van der Waals surface area contributed by atoms with E-state index in [-0.39, 0.29) is 17.6 Å². The van der Waals surface area contributed by atoms with E-state index in [0.29, 0.717) is 12.1 Å². The maximum atomic E-state index is 13.1. The van der Waals surface area contributed by atoms with E-state index in [1.54, 1.807) is 11.8 Å². The van der Waals surface area contributed by atoms with Gasteiger partial charge in [-0.05, 0) is 49.1 Å². The van der Waals surface area contributed by atoms with Crippen molar-refractivity contribution in [1.29, 1.82) is 0 Å². The van der Waals surface area contributed by atoms with Crippen LogP contribution in [0.5, 0.6) is 5.75 Å². The third kappa shape index (κ3) is 3.74. The van der Waals surface area contributed by atoms with Crippen LogP contribution >= 0.6 is 11.8 Å². The lowest BCUT2D eigenvalue weighted by atomic mass is 10.1. The highest BCUT2D eigenvalue weighted by atomic mass is 32.2. The van der Waals surface area contributed by atoms with Gasteiger partial charge in [0.05, 0.1) is 0 Å². The monoisotopic (exact) mass is 291 g/mol. The Kier molecular flexibility index (Phi) is 5.04. The summed E-state index contributed by atoms with van der Waals surface area (Å²) in [4.78, 5) is 1.23. The summed E-state index contributed by atoms with van der Waals surface area (Å²) in [5.41, 5.74) is 1.73. The average Bonchev–Trinajstić information content (AvgIpc) is 2.48. The van der Waals surface area contributed by atoms with Gasteiger partial charge in [0.1, 0.15) is 11.6 Å². The van der Waals surface area contributed by atoms with Crippen LogP contribution in [0.15, 0.2) is 47.4 Å². The normalized spacial score (nSPS) is 12.3. The largest absolute Gasteiger partial charge is 0.508 e. The van der Waals surface area contributed by atoms with E-state index in [1.165, 1.54) is 28.7 Å². The lowest BCUT2D eigenvalue weighted by Gasteiger charge is -2.15. The number of rotatable bonds is 5. The van der Waals surface area contributed by atoms with Crippen LogP contribution in [0.3, 0.4) is 0 Å². The molecule has 0 aliphatic rings. The lowest BCUT2D eigenvalue weighted by molar-refractivity contribution is 0.457. The van der Waals surface area contributed by atoms with Gasteiger partial charge >= 0.3 is 0 Å². The van der Waals surface area contributed by atoms with Crippen molar-refractivity contribution in [3.8, 4) is 5.75 Å². The second kappa shape index (κ2) is 6.77. The Morgan fingerprint density at radius 2 is 1.90 bits per heavy atom. The van der Waals surface area contributed by atoms with Gasteiger partial charge in [0, 0.05) is 23.0 Å². The lowest BCUT2D eigenvalue weighted by Crippen LogP contribution is -2.18. The minimum atomic E-state index is -0.337. The van der Waals surface area contributed by atoms with Crippen molar-refractivity contribution in [2.24, 2.45) is 0 Å². The summed E-state index contributed by atoms with van der Waals surface area (Å²) in [5.74, 6) is -0.222. The minimum Gasteiger partial charge on any atom is -0.508 e. The molecule has 106 valence electrons. The van der Waals surface area contributed by atoms with Crippen molar-refractivity contribution < 1.29 is 9.50 Å². The average molecular weight is 291 g/mol. The van der Waals surface area contributed by atoms with Crippen LogP contribution in [-0.2, 0) is 6.54 Å². The molecule has 20 heavy (non-hydrogen) atoms. The van der Waals surface area contributed by atoms with Gasteiger partial charge in [-0.3, -0.25) is 0 Å². The Morgan fingerprint density at radius 3 is 2.55 bits per heavy atom. The van der Waals surface area contributed by atoms with Crippen LogP contribution in [0.25, 0.3) is 0 Å². The smallest absolute Gasteiger partial charge is 0.123 e. The number of nitrogens with one attached hydrogen (secondary N) is 1. The Labute approximate surface area is 123 Å². The molecule has 0 fully saturated rings. The summed E-state index contributed by atoms with van der Waals surface area (Å²) in [6.45, 7) is 2.47. The minimum absolute atomic E-state index is 0.115. The molecule has 0 amide bonds. The van der Waals surface area contributed by atoms with Gasteiger partial charge in [0.25, 0.3) is 0 Å². The zero-order chi connectivity index (χ0) is 14.5. The zero-order valence-electron chi connectivity index (χ0n) is 11.6. The molecule has 2 aromatic rings. The van der Waals surface area contributed by atoms with E-state index in [0.717, 1.165) is 0 Å². The zero-order valence-corrected chi connectivity index (χ0v) is 12.4. The van der Waals surface area contributed by atoms with Gasteiger partial charge < -0.3 is 10.4 Å². The van der Waals surface area contributed by atoms with E-state index in [9.17, 15) is 9.50 Å². The van der Waals surface area contributed by atoms with Crippen LogP contribution in [0.2, 0.25) is 0 Å². The summed E-state index contributed by atoms with van der Waals surface area (Å²) in [6.07, 6.45) is 2.05. The number of hydrogen-bond donors (Lipinski definition) is 2. The predicted molar refractivity (Wildman–Crippen MR) is 81.5 cm³/mol. The van der Waals surface area contributed by atoms with E-state index < -0.39 is 0 Å². The molecule has 0 heterocycles. The van der Waals surface area contributed by atoms with Crippen molar-refractivity contribution in [3.05, 3.63) is 59.4 Å². The van der Waals surface area contributed by atoms with Crippen molar-refractivity contribution in [1.82, 2.24) is 5.32 Å². The Bertz CT molecular complexity index is 571. The van der Waals surface area contributed by atoms with Crippen LogP contribution in [0.1, 0.15) is 24.1 Å². The fraction of sp³-hybridized carbons (Fsp3) is 0.250. The van der Waals surface area contributed by atoms with Crippen LogP contribution < -0.4 is 5.32 Å². The molecular weight excluding hydrogens is 273 g/mol. The summed E-state index contributed by atoms with van der Waals surface area (Å²) in [7, 11) is 0. The molecule has 0 spiro atoms. The summed E-state index contributed by atoms with van der Waals surface area (Å²) in [5, 5.41) is 13.0. The van der Waals surface area contributed by atoms with Crippen molar-refractivity contribution in [3.63, 3.8) is 0 Å². The van der Waals surface area contributed by atoms with E-state index in [1.807, 2.05) is 13.2 Å². The number of hydrogen-bond acceptors (Lipinski definition) is 3. The molecule has 4 heteroatoms. The fourth-order valence-corrected chi connectivity index (χ4v) is 2.38. The quantitative estimate of drug-likeness (QED) is 0.813. The molecule has 0 aliphatic heterocycles. The molecule has 0 radical (unpaired) electrons. The van der Waals surface area contributed by atoms with Gasteiger partial charge in [0.2, 0.25) is 0 Å². The second-order valence-electron chi connectivity index (χ2n) is 4.65. The molecule has 0 aromatic heterocycles. The molecule has 2 N–H and O–H groups in total. The number of phenols is 1. The first kappa shape index (κ1) is 14.9. The Morgan fingerprint density at radius 1 is 1.20 bits per heavy atom. The van der Waals surface area contributed by atoms with Crippen molar-refractivity contribution in [2.75, 3.05) is 6.26 Å². The molecule has 0 bridgehead atoms. The summed E-state index contributed by atoms with van der Waals surface area (Å²) < 4.78 is 13.1. The molecule has 1 atom stereocenters. The molecule has 2 aromatic carbocycles. The Hall–Kier alpha value is -1.52. The maximum absolute atomic E-state index is 13.1.